The van der Waals surface area contributed by atoms with Crippen molar-refractivity contribution >= 4 is 5.91 Å². The number of rotatable bonds is 8. The number of hydrogen-bond acceptors (Lipinski definition) is 2. The fourth-order valence-electron chi connectivity index (χ4n) is 2.34. The Balaban J connectivity index is 1.56. The second kappa shape index (κ2) is 9.00. The highest BCUT2D eigenvalue weighted by molar-refractivity contribution is 5.76. The largest absolute Gasteiger partial charge is 0.356 e. The molecule has 116 valence electrons. The summed E-state index contributed by atoms with van der Waals surface area (Å²) in [6, 6.07) is 18.6. The van der Waals surface area contributed by atoms with E-state index >= 15 is 0 Å². The van der Waals surface area contributed by atoms with Gasteiger partial charge in [0, 0.05) is 26.1 Å². The van der Waals surface area contributed by atoms with Gasteiger partial charge in [0.1, 0.15) is 0 Å². The summed E-state index contributed by atoms with van der Waals surface area (Å²) in [5.74, 6) is 0.104. The highest BCUT2D eigenvalue weighted by atomic mass is 16.1. The molecular weight excluding hydrogens is 272 g/mol. The molecule has 0 heterocycles. The molecule has 0 radical (unpaired) electrons. The van der Waals surface area contributed by atoms with Gasteiger partial charge in [0.15, 0.2) is 0 Å². The second-order valence-electron chi connectivity index (χ2n) is 5.50. The van der Waals surface area contributed by atoms with Crippen molar-refractivity contribution in [3.8, 4) is 0 Å². The molecule has 0 fully saturated rings. The Bertz CT molecular complexity index is 581. The lowest BCUT2D eigenvalue weighted by Crippen LogP contribution is -2.29. The van der Waals surface area contributed by atoms with Crippen molar-refractivity contribution in [2.45, 2.75) is 26.3 Å². The van der Waals surface area contributed by atoms with Crippen LogP contribution in [0.3, 0.4) is 0 Å². The van der Waals surface area contributed by atoms with Gasteiger partial charge in [-0.05, 0) is 24.5 Å². The van der Waals surface area contributed by atoms with Gasteiger partial charge in [-0.3, -0.25) is 4.79 Å². The monoisotopic (exact) mass is 296 g/mol. The van der Waals surface area contributed by atoms with Crippen molar-refractivity contribution < 1.29 is 4.79 Å². The Morgan fingerprint density at radius 1 is 0.955 bits per heavy atom. The molecule has 0 aromatic heterocycles. The van der Waals surface area contributed by atoms with E-state index in [1.165, 1.54) is 16.7 Å². The number of aryl methyl sites for hydroxylation is 1. The number of benzene rings is 2. The molecule has 0 aliphatic carbocycles. The molecule has 0 bridgehead atoms. The third kappa shape index (κ3) is 6.10. The first kappa shape index (κ1) is 16.2. The third-order valence-corrected chi connectivity index (χ3v) is 3.52. The molecule has 1 amide bonds. The van der Waals surface area contributed by atoms with E-state index in [1.54, 1.807) is 0 Å². The predicted octanol–water partition coefficient (Wildman–Crippen LogP) is 2.83. The normalized spacial score (nSPS) is 10.4. The SMILES string of the molecule is Cc1cccc(CNCCC(=O)NCCc2ccccc2)c1. The van der Waals surface area contributed by atoms with Crippen LogP contribution in [0.1, 0.15) is 23.1 Å². The molecule has 2 rings (SSSR count). The zero-order valence-corrected chi connectivity index (χ0v) is 13.1. The molecule has 0 unspecified atom stereocenters. The van der Waals surface area contributed by atoms with E-state index in [-0.39, 0.29) is 5.91 Å². The molecule has 0 atom stereocenters. The van der Waals surface area contributed by atoms with Crippen LogP contribution in [0.4, 0.5) is 0 Å². The Kier molecular flexibility index (Phi) is 6.65. The van der Waals surface area contributed by atoms with E-state index in [1.807, 2.05) is 18.2 Å². The third-order valence-electron chi connectivity index (χ3n) is 3.52. The average Bonchev–Trinajstić information content (AvgIpc) is 2.53. The number of carbonyl (C=O) groups is 1. The standard InChI is InChI=1S/C19H24N2O/c1-16-6-5-9-18(14-16)15-20-12-11-19(22)21-13-10-17-7-3-2-4-8-17/h2-9,14,20H,10-13,15H2,1H3,(H,21,22). The quantitative estimate of drug-likeness (QED) is 0.736. The van der Waals surface area contributed by atoms with E-state index in [9.17, 15) is 4.79 Å². The number of carbonyl (C=O) groups excluding carboxylic acids is 1. The van der Waals surface area contributed by atoms with Crippen LogP contribution in [0.5, 0.6) is 0 Å². The van der Waals surface area contributed by atoms with E-state index in [0.29, 0.717) is 19.5 Å². The average molecular weight is 296 g/mol. The lowest BCUT2D eigenvalue weighted by Gasteiger charge is -2.07. The van der Waals surface area contributed by atoms with Crippen LogP contribution in [-0.4, -0.2) is 19.0 Å². The molecular formula is C19H24N2O. The van der Waals surface area contributed by atoms with Gasteiger partial charge in [0.05, 0.1) is 0 Å². The van der Waals surface area contributed by atoms with Crippen LogP contribution < -0.4 is 10.6 Å². The Morgan fingerprint density at radius 2 is 1.73 bits per heavy atom. The zero-order chi connectivity index (χ0) is 15.6. The highest BCUT2D eigenvalue weighted by Crippen LogP contribution is 2.03. The molecule has 2 aromatic rings. The van der Waals surface area contributed by atoms with Crippen LogP contribution in [0.15, 0.2) is 54.6 Å². The zero-order valence-electron chi connectivity index (χ0n) is 13.1. The van der Waals surface area contributed by atoms with Gasteiger partial charge in [-0.1, -0.05) is 60.2 Å². The van der Waals surface area contributed by atoms with Crippen molar-refractivity contribution in [1.82, 2.24) is 10.6 Å². The second-order valence-corrected chi connectivity index (χ2v) is 5.50. The number of amides is 1. The summed E-state index contributed by atoms with van der Waals surface area (Å²) < 4.78 is 0. The molecule has 0 saturated heterocycles. The van der Waals surface area contributed by atoms with Crippen LogP contribution in [-0.2, 0) is 17.8 Å². The maximum atomic E-state index is 11.7. The molecule has 0 aliphatic rings. The van der Waals surface area contributed by atoms with Crippen LogP contribution in [0, 0.1) is 6.92 Å². The van der Waals surface area contributed by atoms with Gasteiger partial charge in [-0.2, -0.15) is 0 Å². The number of hydrogen-bond donors (Lipinski definition) is 2. The molecule has 2 aromatic carbocycles. The summed E-state index contributed by atoms with van der Waals surface area (Å²) in [6.07, 6.45) is 1.39. The summed E-state index contributed by atoms with van der Waals surface area (Å²) in [5.41, 5.74) is 3.77. The minimum absolute atomic E-state index is 0.104. The van der Waals surface area contributed by atoms with Crippen molar-refractivity contribution in [2.24, 2.45) is 0 Å². The summed E-state index contributed by atoms with van der Waals surface area (Å²) in [7, 11) is 0. The van der Waals surface area contributed by atoms with E-state index in [0.717, 1.165) is 13.0 Å². The first-order valence-corrected chi connectivity index (χ1v) is 7.81. The van der Waals surface area contributed by atoms with Gasteiger partial charge in [0.25, 0.3) is 0 Å². The molecule has 0 saturated carbocycles. The van der Waals surface area contributed by atoms with E-state index in [2.05, 4.69) is 54.0 Å². The first-order valence-electron chi connectivity index (χ1n) is 7.81. The molecule has 0 aliphatic heterocycles. The lowest BCUT2D eigenvalue weighted by atomic mass is 10.1. The topological polar surface area (TPSA) is 41.1 Å². The van der Waals surface area contributed by atoms with Crippen LogP contribution in [0.25, 0.3) is 0 Å². The highest BCUT2D eigenvalue weighted by Gasteiger charge is 2.01. The van der Waals surface area contributed by atoms with Crippen LogP contribution >= 0.6 is 0 Å². The van der Waals surface area contributed by atoms with E-state index < -0.39 is 0 Å². The van der Waals surface area contributed by atoms with Crippen molar-refractivity contribution in [1.29, 1.82) is 0 Å². The molecule has 0 spiro atoms. The van der Waals surface area contributed by atoms with Crippen molar-refractivity contribution in [3.63, 3.8) is 0 Å². The first-order chi connectivity index (χ1) is 10.7. The summed E-state index contributed by atoms with van der Waals surface area (Å²) in [6.45, 7) is 4.29. The minimum atomic E-state index is 0.104. The predicted molar refractivity (Wildman–Crippen MR) is 90.7 cm³/mol. The number of nitrogens with one attached hydrogen (secondary N) is 2. The van der Waals surface area contributed by atoms with Crippen molar-refractivity contribution in [3.05, 3.63) is 71.3 Å². The van der Waals surface area contributed by atoms with Gasteiger partial charge in [0.2, 0.25) is 5.91 Å². The molecule has 22 heavy (non-hydrogen) atoms. The maximum Gasteiger partial charge on any atom is 0.221 e. The van der Waals surface area contributed by atoms with Crippen LogP contribution in [0.2, 0.25) is 0 Å². The van der Waals surface area contributed by atoms with Gasteiger partial charge >= 0.3 is 0 Å². The summed E-state index contributed by atoms with van der Waals surface area (Å²) in [4.78, 5) is 11.7. The minimum Gasteiger partial charge on any atom is -0.356 e. The fraction of sp³-hybridized carbons (Fsp3) is 0.316. The lowest BCUT2D eigenvalue weighted by molar-refractivity contribution is -0.120. The summed E-state index contributed by atoms with van der Waals surface area (Å²) in [5, 5.41) is 6.27. The molecule has 3 heteroatoms. The van der Waals surface area contributed by atoms with Gasteiger partial charge < -0.3 is 10.6 Å². The maximum absolute atomic E-state index is 11.7. The van der Waals surface area contributed by atoms with Gasteiger partial charge in [-0.15, -0.1) is 0 Å². The molecule has 2 N–H and O–H groups in total. The smallest absolute Gasteiger partial charge is 0.221 e. The van der Waals surface area contributed by atoms with Crippen molar-refractivity contribution in [2.75, 3.05) is 13.1 Å². The Hall–Kier alpha value is -2.13. The Labute approximate surface area is 132 Å². The fourth-order valence-corrected chi connectivity index (χ4v) is 2.34. The van der Waals surface area contributed by atoms with E-state index in [4.69, 9.17) is 0 Å². The molecule has 3 nitrogen and oxygen atoms in total. The Morgan fingerprint density at radius 3 is 2.50 bits per heavy atom. The summed E-state index contributed by atoms with van der Waals surface area (Å²) >= 11 is 0. The van der Waals surface area contributed by atoms with Gasteiger partial charge in [-0.25, -0.2) is 0 Å².